The number of anilines is 3. The van der Waals surface area contributed by atoms with Crippen molar-refractivity contribution in [2.75, 3.05) is 21.9 Å². The Morgan fingerprint density at radius 3 is 2.05 bits per heavy atom. The largest absolute Gasteiger partial charge is 0.495 e. The molecule has 208 valence electrons. The average Bonchev–Trinajstić information content (AvgIpc) is 2.91. The van der Waals surface area contributed by atoms with Crippen LogP contribution in [0.2, 0.25) is 15.1 Å². The fraction of sp³-hybridized carbons (Fsp3) is 0.0385. The van der Waals surface area contributed by atoms with E-state index in [9.17, 15) is 21.6 Å². The highest BCUT2D eigenvalue weighted by molar-refractivity contribution is 7.93. The third-order valence-electron chi connectivity index (χ3n) is 5.39. The van der Waals surface area contributed by atoms with Gasteiger partial charge >= 0.3 is 0 Å². The summed E-state index contributed by atoms with van der Waals surface area (Å²) in [5.41, 5.74) is 0.655. The number of carbonyl (C=O) groups excluding carboxylic acids is 1. The van der Waals surface area contributed by atoms with E-state index in [0.29, 0.717) is 5.02 Å². The third-order valence-corrected chi connectivity index (χ3v) is 9.16. The first-order valence-electron chi connectivity index (χ1n) is 11.2. The number of benzene rings is 4. The molecule has 4 aromatic carbocycles. The Hall–Kier alpha value is -3.48. The van der Waals surface area contributed by atoms with Crippen LogP contribution in [0.4, 0.5) is 17.1 Å². The Morgan fingerprint density at radius 2 is 1.38 bits per heavy atom. The molecular formula is C26H20Cl3N3O6S2. The summed E-state index contributed by atoms with van der Waals surface area (Å²) in [4.78, 5) is 12.7. The lowest BCUT2D eigenvalue weighted by Gasteiger charge is -2.14. The average molecular weight is 641 g/mol. The van der Waals surface area contributed by atoms with Gasteiger partial charge in [0.1, 0.15) is 10.6 Å². The van der Waals surface area contributed by atoms with Crippen LogP contribution in [0.15, 0.2) is 94.7 Å². The van der Waals surface area contributed by atoms with Crippen molar-refractivity contribution in [3.8, 4) is 5.75 Å². The topological polar surface area (TPSA) is 131 Å². The van der Waals surface area contributed by atoms with E-state index in [-0.39, 0.29) is 48.2 Å². The van der Waals surface area contributed by atoms with Crippen molar-refractivity contribution in [1.29, 1.82) is 0 Å². The quantitative estimate of drug-likeness (QED) is 0.191. The third kappa shape index (κ3) is 6.98. The second-order valence-electron chi connectivity index (χ2n) is 8.19. The van der Waals surface area contributed by atoms with E-state index in [1.807, 2.05) is 0 Å². The molecule has 0 aliphatic carbocycles. The number of hydrogen-bond donors (Lipinski definition) is 3. The van der Waals surface area contributed by atoms with Crippen molar-refractivity contribution in [2.45, 2.75) is 9.79 Å². The molecule has 1 amide bonds. The number of nitrogens with one attached hydrogen (secondary N) is 3. The van der Waals surface area contributed by atoms with Gasteiger partial charge < -0.3 is 10.1 Å². The molecule has 0 radical (unpaired) electrons. The lowest BCUT2D eigenvalue weighted by molar-refractivity contribution is 0.102. The van der Waals surface area contributed by atoms with Gasteiger partial charge in [-0.05, 0) is 78.9 Å². The molecule has 0 saturated carbocycles. The van der Waals surface area contributed by atoms with Gasteiger partial charge in [-0.2, -0.15) is 0 Å². The maximum absolute atomic E-state index is 13.1. The normalized spacial score (nSPS) is 11.5. The predicted molar refractivity (Wildman–Crippen MR) is 157 cm³/mol. The van der Waals surface area contributed by atoms with E-state index < -0.39 is 26.0 Å². The van der Waals surface area contributed by atoms with Crippen LogP contribution in [0, 0.1) is 0 Å². The van der Waals surface area contributed by atoms with Crippen molar-refractivity contribution in [3.63, 3.8) is 0 Å². The van der Waals surface area contributed by atoms with Gasteiger partial charge in [0, 0.05) is 27.6 Å². The van der Waals surface area contributed by atoms with E-state index in [2.05, 4.69) is 14.8 Å². The molecule has 40 heavy (non-hydrogen) atoms. The van der Waals surface area contributed by atoms with Gasteiger partial charge in [-0.15, -0.1) is 0 Å². The molecule has 9 nitrogen and oxygen atoms in total. The minimum absolute atomic E-state index is 0.0539. The number of ether oxygens (including phenoxy) is 1. The second kappa shape index (κ2) is 11.9. The number of halogens is 3. The van der Waals surface area contributed by atoms with Crippen LogP contribution in [0.1, 0.15) is 10.4 Å². The van der Waals surface area contributed by atoms with Gasteiger partial charge in [-0.25, -0.2) is 16.8 Å². The van der Waals surface area contributed by atoms with Crippen LogP contribution < -0.4 is 19.5 Å². The highest BCUT2D eigenvalue weighted by Gasteiger charge is 2.22. The molecule has 0 atom stereocenters. The lowest BCUT2D eigenvalue weighted by atomic mass is 10.2. The van der Waals surface area contributed by atoms with Crippen LogP contribution in [-0.4, -0.2) is 29.9 Å². The molecular weight excluding hydrogens is 621 g/mol. The molecule has 0 bridgehead atoms. The zero-order valence-corrected chi connectivity index (χ0v) is 24.4. The molecule has 0 spiro atoms. The van der Waals surface area contributed by atoms with Crippen molar-refractivity contribution in [1.82, 2.24) is 0 Å². The SMILES string of the molecule is COc1ccc(NC(=O)c2cccc(NS(=O)(=O)c3ccc(Cl)c(Cl)c3)c2)cc1S(=O)(=O)Nc1ccc(Cl)cc1. The Labute approximate surface area is 246 Å². The van der Waals surface area contributed by atoms with E-state index >= 15 is 0 Å². The number of methoxy groups -OCH3 is 1. The molecule has 0 unspecified atom stereocenters. The molecule has 0 fully saturated rings. The summed E-state index contributed by atoms with van der Waals surface area (Å²) in [6, 6.07) is 19.8. The van der Waals surface area contributed by atoms with Gasteiger partial charge in [0.25, 0.3) is 26.0 Å². The first kappa shape index (κ1) is 29.5. The van der Waals surface area contributed by atoms with Gasteiger partial charge in [-0.3, -0.25) is 14.2 Å². The monoisotopic (exact) mass is 639 g/mol. The molecule has 0 aliphatic heterocycles. The predicted octanol–water partition coefficient (Wildman–Crippen LogP) is 6.51. The smallest absolute Gasteiger partial charge is 0.265 e. The Bertz CT molecular complexity index is 1800. The van der Waals surface area contributed by atoms with Crippen LogP contribution in [0.25, 0.3) is 0 Å². The number of rotatable bonds is 9. The van der Waals surface area contributed by atoms with Crippen molar-refractivity contribution < 1.29 is 26.4 Å². The summed E-state index contributed by atoms with van der Waals surface area (Å²) in [6.07, 6.45) is 0. The Morgan fingerprint density at radius 1 is 0.700 bits per heavy atom. The summed E-state index contributed by atoms with van der Waals surface area (Å²) < 4.78 is 61.8. The Kier molecular flexibility index (Phi) is 8.81. The highest BCUT2D eigenvalue weighted by Crippen LogP contribution is 2.30. The Balaban J connectivity index is 1.55. The molecule has 0 aromatic heterocycles. The minimum atomic E-state index is -4.11. The van der Waals surface area contributed by atoms with Crippen molar-refractivity contribution in [3.05, 3.63) is 106 Å². The van der Waals surface area contributed by atoms with Crippen molar-refractivity contribution in [2.24, 2.45) is 0 Å². The molecule has 4 aromatic rings. The van der Waals surface area contributed by atoms with Gasteiger partial charge in [0.05, 0.1) is 22.1 Å². The number of hydrogen-bond acceptors (Lipinski definition) is 6. The maximum Gasteiger partial charge on any atom is 0.265 e. The molecule has 3 N–H and O–H groups in total. The molecule has 14 heteroatoms. The van der Waals surface area contributed by atoms with Gasteiger partial charge in [0.15, 0.2) is 0 Å². The number of amides is 1. The van der Waals surface area contributed by atoms with Crippen molar-refractivity contribution >= 4 is 77.8 Å². The van der Waals surface area contributed by atoms with E-state index in [1.54, 1.807) is 0 Å². The summed E-state index contributed by atoms with van der Waals surface area (Å²) >= 11 is 17.7. The maximum atomic E-state index is 13.1. The minimum Gasteiger partial charge on any atom is -0.495 e. The van der Waals surface area contributed by atoms with Crippen LogP contribution in [0.3, 0.4) is 0 Å². The standard InChI is InChI=1S/C26H20Cl3N3O6S2/c1-38-24-12-9-19(14-25(24)40(36,37)31-18-7-5-17(27)6-8-18)30-26(33)16-3-2-4-20(13-16)32-39(34,35)21-10-11-22(28)23(29)15-21/h2-15,31-32H,1H3,(H,30,33). The first-order valence-corrected chi connectivity index (χ1v) is 15.3. The zero-order valence-electron chi connectivity index (χ0n) is 20.5. The number of sulfonamides is 2. The van der Waals surface area contributed by atoms with E-state index in [4.69, 9.17) is 39.5 Å². The lowest BCUT2D eigenvalue weighted by Crippen LogP contribution is -2.17. The fourth-order valence-corrected chi connectivity index (χ4v) is 6.30. The van der Waals surface area contributed by atoms with Gasteiger partial charge in [0.2, 0.25) is 0 Å². The van der Waals surface area contributed by atoms with Crippen LogP contribution >= 0.6 is 34.8 Å². The zero-order chi connectivity index (χ0) is 29.1. The molecule has 0 aliphatic rings. The molecule has 4 rings (SSSR count). The molecule has 0 saturated heterocycles. The summed E-state index contributed by atoms with van der Waals surface area (Å²) in [5, 5.41) is 3.33. The van der Waals surface area contributed by atoms with E-state index in [1.165, 1.54) is 92.0 Å². The fourth-order valence-electron chi connectivity index (χ4n) is 3.48. The summed E-state index contributed by atoms with van der Waals surface area (Å²) in [7, 11) is -6.83. The van der Waals surface area contributed by atoms with E-state index in [0.717, 1.165) is 0 Å². The van der Waals surface area contributed by atoms with Crippen LogP contribution in [0.5, 0.6) is 5.75 Å². The second-order valence-corrected chi connectivity index (χ2v) is 12.8. The van der Waals surface area contributed by atoms with Crippen LogP contribution in [-0.2, 0) is 20.0 Å². The number of carbonyl (C=O) groups is 1. The highest BCUT2D eigenvalue weighted by atomic mass is 35.5. The summed E-state index contributed by atoms with van der Waals surface area (Å²) in [6.45, 7) is 0. The summed E-state index contributed by atoms with van der Waals surface area (Å²) in [5.74, 6) is -0.562. The first-order chi connectivity index (χ1) is 18.9. The molecule has 0 heterocycles. The van der Waals surface area contributed by atoms with Gasteiger partial charge in [-0.1, -0.05) is 40.9 Å².